The highest BCUT2D eigenvalue weighted by Gasteiger charge is 2.15. The summed E-state index contributed by atoms with van der Waals surface area (Å²) in [6.07, 6.45) is 6.63. The number of aromatic nitrogens is 2. The van der Waals surface area contributed by atoms with E-state index in [-0.39, 0.29) is 5.91 Å². The van der Waals surface area contributed by atoms with Crippen molar-refractivity contribution in [3.05, 3.63) is 70.2 Å². The SMILES string of the molecule is Cc1ccccc1C(=O)Nc1nnc(COc2ccc(C3CCCCC3)cc2)s1. The van der Waals surface area contributed by atoms with Gasteiger partial charge in [0.15, 0.2) is 5.01 Å². The van der Waals surface area contributed by atoms with Gasteiger partial charge in [-0.25, -0.2) is 0 Å². The Bertz CT molecular complexity index is 962. The Kier molecular flexibility index (Phi) is 6.20. The second-order valence-electron chi connectivity index (χ2n) is 7.46. The van der Waals surface area contributed by atoms with Gasteiger partial charge in [0.1, 0.15) is 12.4 Å². The molecule has 1 fully saturated rings. The number of ether oxygens (including phenoxy) is 1. The third-order valence-corrected chi connectivity index (χ3v) is 6.21. The predicted molar refractivity (Wildman–Crippen MR) is 116 cm³/mol. The molecule has 1 saturated carbocycles. The average molecular weight is 408 g/mol. The zero-order valence-electron chi connectivity index (χ0n) is 16.6. The Morgan fingerprint density at radius 2 is 1.83 bits per heavy atom. The molecule has 0 atom stereocenters. The first-order valence-corrected chi connectivity index (χ1v) is 10.9. The molecule has 6 heteroatoms. The number of aryl methyl sites for hydroxylation is 1. The molecule has 0 spiro atoms. The van der Waals surface area contributed by atoms with Gasteiger partial charge in [-0.3, -0.25) is 10.1 Å². The van der Waals surface area contributed by atoms with Crippen molar-refractivity contribution >= 4 is 22.4 Å². The van der Waals surface area contributed by atoms with Gasteiger partial charge in [-0.05, 0) is 55.0 Å². The van der Waals surface area contributed by atoms with E-state index in [4.69, 9.17) is 4.74 Å². The number of carbonyl (C=O) groups excluding carboxylic acids is 1. The molecule has 1 aliphatic carbocycles. The van der Waals surface area contributed by atoms with Crippen LogP contribution in [0.5, 0.6) is 5.75 Å². The first kappa shape index (κ1) is 19.6. The molecule has 0 aliphatic heterocycles. The summed E-state index contributed by atoms with van der Waals surface area (Å²) in [6.45, 7) is 2.24. The van der Waals surface area contributed by atoms with Crippen LogP contribution in [0.15, 0.2) is 48.5 Å². The number of hydrogen-bond acceptors (Lipinski definition) is 5. The van der Waals surface area contributed by atoms with E-state index >= 15 is 0 Å². The summed E-state index contributed by atoms with van der Waals surface area (Å²) in [6, 6.07) is 15.9. The number of amides is 1. The topological polar surface area (TPSA) is 64.1 Å². The number of rotatable bonds is 6. The summed E-state index contributed by atoms with van der Waals surface area (Å²) in [5.41, 5.74) is 2.97. The second-order valence-corrected chi connectivity index (χ2v) is 8.52. The predicted octanol–water partition coefficient (Wildman–Crippen LogP) is 5.73. The van der Waals surface area contributed by atoms with Crippen LogP contribution in [0.1, 0.15) is 64.5 Å². The van der Waals surface area contributed by atoms with Gasteiger partial charge in [0.25, 0.3) is 5.91 Å². The smallest absolute Gasteiger partial charge is 0.257 e. The number of hydrogen-bond donors (Lipinski definition) is 1. The molecular weight excluding hydrogens is 382 g/mol. The molecule has 0 unspecified atom stereocenters. The Balaban J connectivity index is 1.31. The fraction of sp³-hybridized carbons (Fsp3) is 0.348. The van der Waals surface area contributed by atoms with Crippen molar-refractivity contribution in [3.63, 3.8) is 0 Å². The summed E-state index contributed by atoms with van der Waals surface area (Å²) >= 11 is 1.33. The largest absolute Gasteiger partial charge is 0.486 e. The quantitative estimate of drug-likeness (QED) is 0.567. The highest BCUT2D eigenvalue weighted by atomic mass is 32.1. The minimum Gasteiger partial charge on any atom is -0.486 e. The van der Waals surface area contributed by atoms with Crippen LogP contribution in [-0.2, 0) is 6.61 Å². The van der Waals surface area contributed by atoms with Gasteiger partial charge >= 0.3 is 0 Å². The summed E-state index contributed by atoms with van der Waals surface area (Å²) in [5.74, 6) is 1.34. The highest BCUT2D eigenvalue weighted by molar-refractivity contribution is 7.15. The van der Waals surface area contributed by atoms with Crippen LogP contribution in [0.2, 0.25) is 0 Å². The Morgan fingerprint density at radius 3 is 2.59 bits per heavy atom. The van der Waals surface area contributed by atoms with Crippen molar-refractivity contribution in [2.75, 3.05) is 5.32 Å². The van der Waals surface area contributed by atoms with Crippen molar-refractivity contribution in [2.45, 2.75) is 51.6 Å². The van der Waals surface area contributed by atoms with Crippen molar-refractivity contribution in [3.8, 4) is 5.75 Å². The van der Waals surface area contributed by atoms with Gasteiger partial charge in [0.2, 0.25) is 5.13 Å². The van der Waals surface area contributed by atoms with Crippen LogP contribution in [-0.4, -0.2) is 16.1 Å². The van der Waals surface area contributed by atoms with Crippen LogP contribution in [0, 0.1) is 6.92 Å². The van der Waals surface area contributed by atoms with Gasteiger partial charge in [-0.2, -0.15) is 0 Å². The molecule has 5 nitrogen and oxygen atoms in total. The van der Waals surface area contributed by atoms with Crippen LogP contribution >= 0.6 is 11.3 Å². The number of carbonyl (C=O) groups is 1. The standard InChI is InChI=1S/C23H25N3O2S/c1-16-7-5-6-10-20(16)22(27)24-23-26-25-21(29-23)15-28-19-13-11-18(12-14-19)17-8-3-2-4-9-17/h5-7,10-14,17H,2-4,8-9,15H2,1H3,(H,24,26,27). The Labute approximate surface area is 175 Å². The molecule has 0 radical (unpaired) electrons. The third-order valence-electron chi connectivity index (χ3n) is 5.40. The van der Waals surface area contributed by atoms with Crippen LogP contribution in [0.3, 0.4) is 0 Å². The highest BCUT2D eigenvalue weighted by Crippen LogP contribution is 2.33. The van der Waals surface area contributed by atoms with Crippen molar-refractivity contribution < 1.29 is 9.53 Å². The van der Waals surface area contributed by atoms with Gasteiger partial charge < -0.3 is 4.74 Å². The maximum absolute atomic E-state index is 12.4. The van der Waals surface area contributed by atoms with Gasteiger partial charge in [-0.1, -0.05) is 60.9 Å². The summed E-state index contributed by atoms with van der Waals surface area (Å²) in [4.78, 5) is 12.4. The van der Waals surface area contributed by atoms with Crippen LogP contribution in [0.4, 0.5) is 5.13 Å². The minimum absolute atomic E-state index is 0.176. The van der Waals surface area contributed by atoms with E-state index < -0.39 is 0 Å². The molecule has 3 aromatic rings. The lowest BCUT2D eigenvalue weighted by Crippen LogP contribution is -2.12. The molecule has 0 bridgehead atoms. The van der Waals surface area contributed by atoms with Gasteiger partial charge in [0, 0.05) is 5.56 Å². The first-order valence-electron chi connectivity index (χ1n) is 10.1. The number of nitrogens with zero attached hydrogens (tertiary/aromatic N) is 2. The normalized spacial score (nSPS) is 14.5. The zero-order chi connectivity index (χ0) is 20.1. The van der Waals surface area contributed by atoms with E-state index in [0.717, 1.165) is 16.3 Å². The fourth-order valence-corrected chi connectivity index (χ4v) is 4.42. The molecule has 29 heavy (non-hydrogen) atoms. The maximum Gasteiger partial charge on any atom is 0.257 e. The molecule has 4 rings (SSSR count). The summed E-state index contributed by atoms with van der Waals surface area (Å²) in [5, 5.41) is 12.2. The van der Waals surface area contributed by atoms with Gasteiger partial charge in [0.05, 0.1) is 0 Å². The lowest BCUT2D eigenvalue weighted by Gasteiger charge is -2.22. The molecular formula is C23H25N3O2S. The third kappa shape index (κ3) is 5.01. The van der Waals surface area contributed by atoms with E-state index in [1.165, 1.54) is 49.0 Å². The zero-order valence-corrected chi connectivity index (χ0v) is 17.4. The van der Waals surface area contributed by atoms with Crippen molar-refractivity contribution in [1.82, 2.24) is 10.2 Å². The van der Waals surface area contributed by atoms with Crippen molar-refractivity contribution in [2.24, 2.45) is 0 Å². The summed E-state index contributed by atoms with van der Waals surface area (Å²) < 4.78 is 5.85. The van der Waals surface area contributed by atoms with E-state index in [0.29, 0.717) is 23.2 Å². The fourth-order valence-electron chi connectivity index (χ4n) is 3.77. The lowest BCUT2D eigenvalue weighted by atomic mass is 9.84. The van der Waals surface area contributed by atoms with Crippen molar-refractivity contribution in [1.29, 1.82) is 0 Å². The van der Waals surface area contributed by atoms with E-state index in [1.54, 1.807) is 6.07 Å². The second kappa shape index (κ2) is 9.18. The first-order chi connectivity index (χ1) is 14.2. The number of benzene rings is 2. The van der Waals surface area contributed by atoms with Crippen LogP contribution in [0.25, 0.3) is 0 Å². The Hall–Kier alpha value is -2.73. The minimum atomic E-state index is -0.176. The number of nitrogens with one attached hydrogen (secondary N) is 1. The molecule has 1 amide bonds. The Morgan fingerprint density at radius 1 is 1.07 bits per heavy atom. The lowest BCUT2D eigenvalue weighted by molar-refractivity contribution is 0.102. The van der Waals surface area contributed by atoms with E-state index in [2.05, 4.69) is 27.6 Å². The molecule has 1 aromatic heterocycles. The molecule has 1 heterocycles. The van der Waals surface area contributed by atoms with Crippen LogP contribution < -0.4 is 10.1 Å². The maximum atomic E-state index is 12.4. The molecule has 1 aliphatic rings. The molecule has 1 N–H and O–H groups in total. The summed E-state index contributed by atoms with van der Waals surface area (Å²) in [7, 11) is 0. The monoisotopic (exact) mass is 407 g/mol. The molecule has 150 valence electrons. The average Bonchev–Trinajstić information content (AvgIpc) is 3.21. The number of anilines is 1. The molecule has 0 saturated heterocycles. The molecule has 2 aromatic carbocycles. The van der Waals surface area contributed by atoms with E-state index in [9.17, 15) is 4.79 Å². The van der Waals surface area contributed by atoms with E-state index in [1.807, 2.05) is 37.3 Å². The van der Waals surface area contributed by atoms with Gasteiger partial charge in [-0.15, -0.1) is 10.2 Å².